The Bertz CT molecular complexity index is 349. The Hall–Kier alpha value is -1.42. The molecule has 4 heteroatoms. The van der Waals surface area contributed by atoms with Crippen LogP contribution in [0.4, 0.5) is 4.39 Å². The van der Waals surface area contributed by atoms with Gasteiger partial charge in [0.2, 0.25) is 0 Å². The standard InChI is InChI=1S/C12H16FNO2/c1-8(2)14-11(7-12(15)16)9-3-5-10(13)6-4-9/h3-6,8,11,14H,7H2,1-2H3,(H,15,16)/t11-/m1/s1. The zero-order valence-corrected chi connectivity index (χ0v) is 9.40. The fourth-order valence-corrected chi connectivity index (χ4v) is 1.55. The minimum atomic E-state index is -0.873. The minimum absolute atomic E-state index is 0.0101. The summed E-state index contributed by atoms with van der Waals surface area (Å²) in [5.41, 5.74) is 0.789. The van der Waals surface area contributed by atoms with Crippen LogP contribution in [-0.4, -0.2) is 17.1 Å². The number of hydrogen-bond donors (Lipinski definition) is 2. The lowest BCUT2D eigenvalue weighted by molar-refractivity contribution is -0.137. The number of rotatable bonds is 5. The largest absolute Gasteiger partial charge is 0.481 e. The second-order valence-corrected chi connectivity index (χ2v) is 4.02. The number of carboxylic acids is 1. The first kappa shape index (κ1) is 12.6. The van der Waals surface area contributed by atoms with E-state index in [2.05, 4.69) is 5.32 Å². The number of hydrogen-bond acceptors (Lipinski definition) is 2. The molecule has 0 bridgehead atoms. The van der Waals surface area contributed by atoms with Crippen LogP contribution in [0.25, 0.3) is 0 Å². The van der Waals surface area contributed by atoms with Crippen molar-refractivity contribution in [2.45, 2.75) is 32.4 Å². The van der Waals surface area contributed by atoms with Gasteiger partial charge in [-0.2, -0.15) is 0 Å². The molecule has 0 aliphatic heterocycles. The fraction of sp³-hybridized carbons (Fsp3) is 0.417. The summed E-state index contributed by atoms with van der Waals surface area (Å²) in [6.45, 7) is 3.89. The molecule has 2 N–H and O–H groups in total. The average Bonchev–Trinajstić information content (AvgIpc) is 2.16. The molecule has 0 radical (unpaired) electrons. The van der Waals surface area contributed by atoms with Gasteiger partial charge in [0, 0.05) is 12.1 Å². The van der Waals surface area contributed by atoms with E-state index in [0.717, 1.165) is 5.56 Å². The first-order valence-electron chi connectivity index (χ1n) is 5.22. The summed E-state index contributed by atoms with van der Waals surface area (Å²) in [5.74, 6) is -1.19. The van der Waals surface area contributed by atoms with Crippen molar-refractivity contribution in [1.29, 1.82) is 0 Å². The van der Waals surface area contributed by atoms with Crippen LogP contribution in [0.3, 0.4) is 0 Å². The van der Waals surface area contributed by atoms with E-state index >= 15 is 0 Å². The van der Waals surface area contributed by atoms with E-state index in [4.69, 9.17) is 5.11 Å². The Morgan fingerprint density at radius 2 is 1.94 bits per heavy atom. The second kappa shape index (κ2) is 5.61. The Morgan fingerprint density at radius 3 is 2.38 bits per heavy atom. The second-order valence-electron chi connectivity index (χ2n) is 4.02. The molecule has 16 heavy (non-hydrogen) atoms. The normalized spacial score (nSPS) is 12.8. The molecule has 3 nitrogen and oxygen atoms in total. The monoisotopic (exact) mass is 225 g/mol. The smallest absolute Gasteiger partial charge is 0.305 e. The molecular formula is C12H16FNO2. The highest BCUT2D eigenvalue weighted by Crippen LogP contribution is 2.18. The van der Waals surface area contributed by atoms with Crippen molar-refractivity contribution < 1.29 is 14.3 Å². The molecule has 0 heterocycles. The molecule has 0 aromatic heterocycles. The van der Waals surface area contributed by atoms with Crippen molar-refractivity contribution in [3.63, 3.8) is 0 Å². The summed E-state index contributed by atoms with van der Waals surface area (Å²) in [6, 6.07) is 5.79. The van der Waals surface area contributed by atoms with Crippen LogP contribution in [0, 0.1) is 5.82 Å². The third-order valence-corrected chi connectivity index (χ3v) is 2.19. The van der Waals surface area contributed by atoms with Gasteiger partial charge in [-0.15, -0.1) is 0 Å². The van der Waals surface area contributed by atoms with Crippen molar-refractivity contribution in [2.24, 2.45) is 0 Å². The summed E-state index contributed by atoms with van der Waals surface area (Å²) < 4.78 is 12.7. The van der Waals surface area contributed by atoms with Gasteiger partial charge in [0.05, 0.1) is 6.42 Å². The summed E-state index contributed by atoms with van der Waals surface area (Å²) in [6.07, 6.45) is -0.0101. The Labute approximate surface area is 94.3 Å². The third-order valence-electron chi connectivity index (χ3n) is 2.19. The molecule has 0 unspecified atom stereocenters. The van der Waals surface area contributed by atoms with Crippen LogP contribution in [0.15, 0.2) is 24.3 Å². The maximum Gasteiger partial charge on any atom is 0.305 e. The van der Waals surface area contributed by atoms with Crippen LogP contribution in [0.2, 0.25) is 0 Å². The highest BCUT2D eigenvalue weighted by atomic mass is 19.1. The number of benzene rings is 1. The fourth-order valence-electron chi connectivity index (χ4n) is 1.55. The zero-order valence-electron chi connectivity index (χ0n) is 9.40. The van der Waals surface area contributed by atoms with Crippen LogP contribution in [-0.2, 0) is 4.79 Å². The van der Waals surface area contributed by atoms with Crippen molar-refractivity contribution in [1.82, 2.24) is 5.32 Å². The van der Waals surface area contributed by atoms with E-state index in [1.54, 1.807) is 12.1 Å². The molecule has 0 aliphatic carbocycles. The summed E-state index contributed by atoms with van der Waals surface area (Å²) in [4.78, 5) is 10.7. The van der Waals surface area contributed by atoms with Gasteiger partial charge in [0.1, 0.15) is 5.82 Å². The molecule has 88 valence electrons. The van der Waals surface area contributed by atoms with Gasteiger partial charge < -0.3 is 10.4 Å². The number of halogens is 1. The molecule has 0 fully saturated rings. The molecule has 0 saturated heterocycles. The van der Waals surface area contributed by atoms with Crippen molar-refractivity contribution in [2.75, 3.05) is 0 Å². The highest BCUT2D eigenvalue weighted by molar-refractivity contribution is 5.67. The summed E-state index contributed by atoms with van der Waals surface area (Å²) >= 11 is 0. The van der Waals surface area contributed by atoms with Gasteiger partial charge in [0.15, 0.2) is 0 Å². The molecule has 1 rings (SSSR count). The lowest BCUT2D eigenvalue weighted by Crippen LogP contribution is -2.29. The van der Waals surface area contributed by atoms with Crippen molar-refractivity contribution >= 4 is 5.97 Å². The van der Waals surface area contributed by atoms with Gasteiger partial charge in [-0.25, -0.2) is 4.39 Å². The van der Waals surface area contributed by atoms with E-state index < -0.39 is 5.97 Å². The van der Waals surface area contributed by atoms with E-state index in [-0.39, 0.29) is 24.3 Å². The average molecular weight is 225 g/mol. The zero-order chi connectivity index (χ0) is 12.1. The Morgan fingerprint density at radius 1 is 1.38 bits per heavy atom. The number of carboxylic acid groups (broad SMARTS) is 1. The molecule has 1 atom stereocenters. The Kier molecular flexibility index (Phi) is 4.43. The van der Waals surface area contributed by atoms with Crippen LogP contribution in [0.1, 0.15) is 31.9 Å². The van der Waals surface area contributed by atoms with E-state index in [1.165, 1.54) is 12.1 Å². The predicted octanol–water partition coefficient (Wildman–Crippen LogP) is 2.34. The molecule has 0 aliphatic rings. The quantitative estimate of drug-likeness (QED) is 0.808. The van der Waals surface area contributed by atoms with E-state index in [9.17, 15) is 9.18 Å². The maximum atomic E-state index is 12.7. The van der Waals surface area contributed by atoms with Gasteiger partial charge in [-0.3, -0.25) is 4.79 Å². The molecular weight excluding hydrogens is 209 g/mol. The number of nitrogens with one attached hydrogen (secondary N) is 1. The van der Waals surface area contributed by atoms with Crippen LogP contribution >= 0.6 is 0 Å². The molecule has 0 saturated carbocycles. The topological polar surface area (TPSA) is 49.3 Å². The van der Waals surface area contributed by atoms with Crippen molar-refractivity contribution in [3.05, 3.63) is 35.6 Å². The van der Waals surface area contributed by atoms with Gasteiger partial charge in [0.25, 0.3) is 0 Å². The highest BCUT2D eigenvalue weighted by Gasteiger charge is 2.16. The van der Waals surface area contributed by atoms with Crippen LogP contribution in [0.5, 0.6) is 0 Å². The maximum absolute atomic E-state index is 12.7. The van der Waals surface area contributed by atoms with Crippen molar-refractivity contribution in [3.8, 4) is 0 Å². The Balaban J connectivity index is 2.82. The lowest BCUT2D eigenvalue weighted by atomic mass is 10.0. The van der Waals surface area contributed by atoms with Gasteiger partial charge in [-0.05, 0) is 17.7 Å². The summed E-state index contributed by atoms with van der Waals surface area (Å²) in [5, 5.41) is 11.9. The van der Waals surface area contributed by atoms with Crippen LogP contribution < -0.4 is 5.32 Å². The SMILES string of the molecule is CC(C)N[C@H](CC(=O)O)c1ccc(F)cc1. The molecule has 1 aromatic rings. The van der Waals surface area contributed by atoms with E-state index in [1.807, 2.05) is 13.8 Å². The summed E-state index contributed by atoms with van der Waals surface area (Å²) in [7, 11) is 0. The first-order chi connectivity index (χ1) is 7.49. The van der Waals surface area contributed by atoms with E-state index in [0.29, 0.717) is 0 Å². The number of aliphatic carboxylic acids is 1. The third kappa shape index (κ3) is 3.98. The van der Waals surface area contributed by atoms with Gasteiger partial charge in [-0.1, -0.05) is 26.0 Å². The molecule has 0 spiro atoms. The predicted molar refractivity (Wildman–Crippen MR) is 59.7 cm³/mol. The molecule has 0 amide bonds. The van der Waals surface area contributed by atoms with Gasteiger partial charge >= 0.3 is 5.97 Å². The minimum Gasteiger partial charge on any atom is -0.481 e. The lowest BCUT2D eigenvalue weighted by Gasteiger charge is -2.20. The molecule has 1 aromatic carbocycles. The first-order valence-corrected chi connectivity index (χ1v) is 5.22. The number of carbonyl (C=O) groups is 1.